The number of nitrogens with one attached hydrogen (secondary N) is 3. The molecule has 1 aromatic heterocycles. The molecule has 4 aromatic rings. The molecule has 0 aliphatic carbocycles. The van der Waals surface area contributed by atoms with Gasteiger partial charge in [-0.15, -0.1) is 0 Å². The molecule has 5 rings (SSSR count). The molecule has 1 atom stereocenters. The molecule has 3 N–H and O–H groups in total. The Balaban J connectivity index is 1.38. The molecule has 1 aliphatic rings. The number of nitrogens with zero attached hydrogens (tertiary/aromatic N) is 1. The highest BCUT2D eigenvalue weighted by Crippen LogP contribution is 2.22. The van der Waals surface area contributed by atoms with Crippen molar-refractivity contribution >= 4 is 44.2 Å². The van der Waals surface area contributed by atoms with Crippen molar-refractivity contribution in [2.45, 2.75) is 17.4 Å². The molecular weight excluding hydrogens is 532 g/mol. The number of carbonyl (C=O) groups excluding carboxylic acids is 2. The van der Waals surface area contributed by atoms with Crippen LogP contribution in [0.25, 0.3) is 10.9 Å². The number of carbonyl (C=O) groups is 2. The van der Waals surface area contributed by atoms with E-state index in [0.717, 1.165) is 35.2 Å². The standard InChI is InChI=1S/C29H30N4O6S/c1-38-29(35)20-6-12-24(13-7-20)40(36,37)32-27(18-21-19-30-26-5-3-2-4-25(21)26)28(34)31-22-8-10-23(11-9-22)33-14-16-39-17-15-33/h2-13,19,27,30,32H,14-18H2,1H3,(H,31,34). The summed E-state index contributed by atoms with van der Waals surface area (Å²) in [4.78, 5) is 30.6. The number of anilines is 2. The summed E-state index contributed by atoms with van der Waals surface area (Å²) in [6.45, 7) is 2.92. The lowest BCUT2D eigenvalue weighted by Gasteiger charge is -2.29. The van der Waals surface area contributed by atoms with Crippen molar-refractivity contribution in [1.29, 1.82) is 0 Å². The Bertz CT molecular complexity index is 1590. The van der Waals surface area contributed by atoms with E-state index in [1.807, 2.05) is 36.4 Å². The van der Waals surface area contributed by atoms with Gasteiger partial charge in [0.05, 0.1) is 30.8 Å². The number of benzene rings is 3. The lowest BCUT2D eigenvalue weighted by molar-refractivity contribution is -0.117. The first kappa shape index (κ1) is 27.4. The third kappa shape index (κ3) is 6.17. The Morgan fingerprint density at radius 3 is 2.40 bits per heavy atom. The molecule has 1 aliphatic heterocycles. The number of hydrogen-bond donors (Lipinski definition) is 3. The quantitative estimate of drug-likeness (QED) is 0.267. The number of methoxy groups -OCH3 is 1. The maximum Gasteiger partial charge on any atom is 0.337 e. The van der Waals surface area contributed by atoms with E-state index >= 15 is 0 Å². The van der Waals surface area contributed by atoms with Crippen LogP contribution in [0.5, 0.6) is 0 Å². The van der Waals surface area contributed by atoms with Gasteiger partial charge in [-0.3, -0.25) is 4.79 Å². The van der Waals surface area contributed by atoms with E-state index in [4.69, 9.17) is 4.74 Å². The van der Waals surface area contributed by atoms with Gasteiger partial charge in [-0.25, -0.2) is 13.2 Å². The summed E-state index contributed by atoms with van der Waals surface area (Å²) in [6.07, 6.45) is 1.89. The molecule has 208 valence electrons. The fraction of sp³-hybridized carbons (Fsp3) is 0.241. The van der Waals surface area contributed by atoms with Crippen LogP contribution in [0.15, 0.2) is 83.9 Å². The molecule has 0 spiro atoms. The molecule has 1 fully saturated rings. The van der Waals surface area contributed by atoms with E-state index in [0.29, 0.717) is 18.9 Å². The van der Waals surface area contributed by atoms with Crippen molar-refractivity contribution < 1.29 is 27.5 Å². The van der Waals surface area contributed by atoms with Crippen LogP contribution in [0.4, 0.5) is 11.4 Å². The molecular formula is C29H30N4O6S. The lowest BCUT2D eigenvalue weighted by Crippen LogP contribution is -2.45. The van der Waals surface area contributed by atoms with E-state index in [9.17, 15) is 18.0 Å². The van der Waals surface area contributed by atoms with Crippen LogP contribution >= 0.6 is 0 Å². The van der Waals surface area contributed by atoms with Gasteiger partial charge >= 0.3 is 5.97 Å². The number of aromatic nitrogens is 1. The Kier molecular flexibility index (Phi) is 8.15. The first-order chi connectivity index (χ1) is 19.3. The maximum atomic E-state index is 13.5. The van der Waals surface area contributed by atoms with Crippen LogP contribution in [0.1, 0.15) is 15.9 Å². The van der Waals surface area contributed by atoms with Crippen molar-refractivity contribution in [1.82, 2.24) is 9.71 Å². The fourth-order valence-corrected chi connectivity index (χ4v) is 5.85. The zero-order chi connectivity index (χ0) is 28.1. The number of esters is 1. The number of rotatable bonds is 9. The number of hydrogen-bond acceptors (Lipinski definition) is 7. The zero-order valence-electron chi connectivity index (χ0n) is 21.9. The number of fused-ring (bicyclic) bond motifs is 1. The zero-order valence-corrected chi connectivity index (χ0v) is 22.7. The molecule has 0 saturated carbocycles. The molecule has 1 amide bonds. The molecule has 2 heterocycles. The number of ether oxygens (including phenoxy) is 2. The number of amides is 1. The van der Waals surface area contributed by atoms with Crippen LogP contribution in [-0.4, -0.2) is 64.7 Å². The van der Waals surface area contributed by atoms with Gasteiger partial charge in [-0.2, -0.15) is 4.72 Å². The van der Waals surface area contributed by atoms with Crippen LogP contribution < -0.4 is 14.9 Å². The predicted octanol–water partition coefficient (Wildman–Crippen LogP) is 3.32. The van der Waals surface area contributed by atoms with Crippen LogP contribution in [0.2, 0.25) is 0 Å². The minimum atomic E-state index is -4.12. The topological polar surface area (TPSA) is 130 Å². The SMILES string of the molecule is COC(=O)c1ccc(S(=O)(=O)NC(Cc2c[nH]c3ccccc23)C(=O)Nc2ccc(N3CCOCC3)cc2)cc1. The van der Waals surface area contributed by atoms with Crippen molar-refractivity contribution in [2.75, 3.05) is 43.6 Å². The van der Waals surface area contributed by atoms with Crippen molar-refractivity contribution in [2.24, 2.45) is 0 Å². The van der Waals surface area contributed by atoms with Gasteiger partial charge in [0.25, 0.3) is 0 Å². The van der Waals surface area contributed by atoms with E-state index in [1.165, 1.54) is 31.4 Å². The largest absolute Gasteiger partial charge is 0.465 e. The monoisotopic (exact) mass is 562 g/mol. The number of morpholine rings is 1. The second kappa shape index (κ2) is 11.9. The van der Waals surface area contributed by atoms with Gasteiger partial charge in [-0.1, -0.05) is 18.2 Å². The highest BCUT2D eigenvalue weighted by Gasteiger charge is 2.27. The average Bonchev–Trinajstić information content (AvgIpc) is 3.40. The van der Waals surface area contributed by atoms with Gasteiger partial charge in [0.1, 0.15) is 6.04 Å². The first-order valence-electron chi connectivity index (χ1n) is 12.8. The van der Waals surface area contributed by atoms with E-state index < -0.39 is 27.9 Å². The predicted molar refractivity (Wildman–Crippen MR) is 152 cm³/mol. The summed E-state index contributed by atoms with van der Waals surface area (Å²) in [5.74, 6) is -1.08. The third-order valence-electron chi connectivity index (χ3n) is 6.81. The minimum absolute atomic E-state index is 0.0771. The smallest absolute Gasteiger partial charge is 0.337 e. The fourth-order valence-electron chi connectivity index (χ4n) is 4.66. The first-order valence-corrected chi connectivity index (χ1v) is 14.3. The number of para-hydroxylation sites is 1. The summed E-state index contributed by atoms with van der Waals surface area (Å²) >= 11 is 0. The van der Waals surface area contributed by atoms with Crippen molar-refractivity contribution in [3.63, 3.8) is 0 Å². The van der Waals surface area contributed by atoms with E-state index in [1.54, 1.807) is 18.3 Å². The molecule has 1 unspecified atom stereocenters. The third-order valence-corrected chi connectivity index (χ3v) is 8.30. The van der Waals surface area contributed by atoms with Gasteiger partial charge in [0, 0.05) is 41.6 Å². The molecule has 1 saturated heterocycles. The van der Waals surface area contributed by atoms with Crippen LogP contribution in [0, 0.1) is 0 Å². The number of aromatic amines is 1. The lowest BCUT2D eigenvalue weighted by atomic mass is 10.0. The minimum Gasteiger partial charge on any atom is -0.465 e. The highest BCUT2D eigenvalue weighted by molar-refractivity contribution is 7.89. The second-order valence-corrected chi connectivity index (χ2v) is 11.1. The Labute approximate surface area is 232 Å². The Hall–Kier alpha value is -4.19. The summed E-state index contributed by atoms with van der Waals surface area (Å²) in [5, 5.41) is 3.76. The second-order valence-electron chi connectivity index (χ2n) is 9.39. The molecule has 40 heavy (non-hydrogen) atoms. The summed E-state index contributed by atoms with van der Waals surface area (Å²) in [7, 11) is -2.87. The highest BCUT2D eigenvalue weighted by atomic mass is 32.2. The average molecular weight is 563 g/mol. The van der Waals surface area contributed by atoms with Gasteiger partial charge in [0.15, 0.2) is 0 Å². The van der Waals surface area contributed by atoms with Crippen molar-refractivity contribution in [3.05, 3.63) is 90.1 Å². The van der Waals surface area contributed by atoms with Gasteiger partial charge in [-0.05, 0) is 66.6 Å². The van der Waals surface area contributed by atoms with Crippen LogP contribution in [0.3, 0.4) is 0 Å². The molecule has 0 bridgehead atoms. The summed E-state index contributed by atoms with van der Waals surface area (Å²) < 4.78 is 39.3. The van der Waals surface area contributed by atoms with Gasteiger partial charge < -0.3 is 24.7 Å². The van der Waals surface area contributed by atoms with E-state index in [-0.39, 0.29) is 16.9 Å². The molecule has 11 heteroatoms. The van der Waals surface area contributed by atoms with Gasteiger partial charge in [0.2, 0.25) is 15.9 Å². The summed E-state index contributed by atoms with van der Waals surface area (Å²) in [6, 6.07) is 19.3. The van der Waals surface area contributed by atoms with Crippen LogP contribution in [-0.2, 0) is 30.7 Å². The van der Waals surface area contributed by atoms with Crippen molar-refractivity contribution in [3.8, 4) is 0 Å². The number of sulfonamides is 1. The van der Waals surface area contributed by atoms with E-state index in [2.05, 4.69) is 24.7 Å². The molecule has 0 radical (unpaired) electrons. The normalized spacial score (nSPS) is 14.6. The Morgan fingerprint density at radius 2 is 1.70 bits per heavy atom. The maximum absolute atomic E-state index is 13.5. The molecule has 3 aromatic carbocycles. The Morgan fingerprint density at radius 1 is 1.00 bits per heavy atom. The molecule has 10 nitrogen and oxygen atoms in total. The summed E-state index contributed by atoms with van der Waals surface area (Å²) in [5.41, 5.74) is 3.47. The number of H-pyrrole nitrogens is 1.